The Labute approximate surface area is 166 Å². The minimum Gasteiger partial charge on any atom is -0.506 e. The van der Waals surface area contributed by atoms with Crippen LogP contribution in [-0.4, -0.2) is 40.7 Å². The molecule has 1 amide bonds. The van der Waals surface area contributed by atoms with Crippen molar-refractivity contribution in [3.8, 4) is 5.75 Å². The molecule has 0 aliphatic carbocycles. The minimum atomic E-state index is -0.830. The van der Waals surface area contributed by atoms with E-state index in [0.717, 1.165) is 24.6 Å². The molecule has 10 heteroatoms. The van der Waals surface area contributed by atoms with Gasteiger partial charge in [-0.3, -0.25) is 4.79 Å². The number of carbonyl (C=O) groups excluding carboxylic acids is 1. The fourth-order valence-corrected chi connectivity index (χ4v) is 5.88. The molecule has 0 aromatic heterocycles. The molecule has 1 aliphatic rings. The first-order valence-electron chi connectivity index (χ1n) is 8.93. The number of phenolic OH excluding ortho intramolecular Hbond substituents is 1. The zero-order chi connectivity index (χ0) is 19.5. The van der Waals surface area contributed by atoms with Crippen molar-refractivity contribution in [1.82, 2.24) is 5.32 Å². The number of benzene rings is 1. The third-order valence-corrected chi connectivity index (χ3v) is 7.26. The molecule has 0 bridgehead atoms. The molecule has 1 fully saturated rings. The molecule has 0 saturated carbocycles. The van der Waals surface area contributed by atoms with E-state index in [1.54, 1.807) is 6.07 Å². The van der Waals surface area contributed by atoms with E-state index in [1.807, 2.05) is 21.6 Å². The van der Waals surface area contributed by atoms with Gasteiger partial charge in [-0.15, -0.1) is 10.1 Å². The molecule has 0 radical (unpaired) electrons. The molecule has 2 unspecified atom stereocenters. The number of amides is 1. The number of carbonyl (C=O) groups is 1. The smallest absolute Gasteiger partial charge is 0.295 e. The lowest BCUT2D eigenvalue weighted by atomic mass is 10.1. The second-order valence-corrected chi connectivity index (χ2v) is 9.03. The van der Waals surface area contributed by atoms with E-state index >= 15 is 0 Å². The summed E-state index contributed by atoms with van der Waals surface area (Å²) < 4.78 is 0. The van der Waals surface area contributed by atoms with Crippen LogP contribution in [0.25, 0.3) is 0 Å². The van der Waals surface area contributed by atoms with Crippen molar-refractivity contribution < 1.29 is 19.8 Å². The molecule has 27 heavy (non-hydrogen) atoms. The molecule has 1 aliphatic heterocycles. The van der Waals surface area contributed by atoms with Gasteiger partial charge in [0.05, 0.1) is 5.69 Å². The third-order valence-electron chi connectivity index (χ3n) is 4.26. The molecule has 150 valence electrons. The summed E-state index contributed by atoms with van der Waals surface area (Å²) in [7, 11) is 3.96. The van der Waals surface area contributed by atoms with Crippen LogP contribution in [-0.2, 0) is 9.63 Å². The predicted molar refractivity (Wildman–Crippen MR) is 108 cm³/mol. The Balaban J connectivity index is 1.76. The number of nitrogens with one attached hydrogen (secondary N) is 2. The van der Waals surface area contributed by atoms with E-state index in [9.17, 15) is 20.0 Å². The van der Waals surface area contributed by atoms with Crippen LogP contribution >= 0.6 is 21.6 Å². The summed E-state index contributed by atoms with van der Waals surface area (Å²) in [5.74, 6) is 1.15. The first-order valence-corrected chi connectivity index (χ1v) is 11.3. The van der Waals surface area contributed by atoms with E-state index < -0.39 is 11.2 Å². The molecular weight excluding hydrogens is 390 g/mol. The number of hydrogen-bond donors (Lipinski definition) is 3. The molecule has 1 heterocycles. The minimum absolute atomic E-state index is 0.113. The number of rotatable bonds is 13. The Bertz CT molecular complexity index is 614. The maximum Gasteiger partial charge on any atom is 0.295 e. The van der Waals surface area contributed by atoms with Crippen molar-refractivity contribution in [1.29, 1.82) is 0 Å². The van der Waals surface area contributed by atoms with Crippen molar-refractivity contribution in [2.75, 3.05) is 24.2 Å². The number of phenols is 1. The highest BCUT2D eigenvalue weighted by molar-refractivity contribution is 8.77. The lowest BCUT2D eigenvalue weighted by Crippen LogP contribution is -2.26. The van der Waals surface area contributed by atoms with Gasteiger partial charge in [0.1, 0.15) is 11.9 Å². The second kappa shape index (κ2) is 11.9. The average Bonchev–Trinajstić information content (AvgIpc) is 3.15. The van der Waals surface area contributed by atoms with Crippen molar-refractivity contribution >= 4 is 33.7 Å². The summed E-state index contributed by atoms with van der Waals surface area (Å²) in [5, 5.41) is 26.0. The molecule has 1 aromatic rings. The SMILES string of the molecule is O=CNc1cc(C(CNCCCCCC2CCSS2)O[N+](=O)[O-])ccc1O. The summed E-state index contributed by atoms with van der Waals surface area (Å²) >= 11 is 0. The highest BCUT2D eigenvalue weighted by Crippen LogP contribution is 2.39. The average molecular weight is 416 g/mol. The molecule has 2 atom stereocenters. The standard InChI is InChI=1S/C17H25N3O5S2/c21-12-19-15-10-13(5-6-16(15)22)17(25-20(23)24)11-18-8-3-1-2-4-14-7-9-26-27-14/h5-6,10,12,14,17-18,22H,1-4,7-9,11H2,(H,19,21). The number of nitrogens with zero attached hydrogens (tertiary/aromatic N) is 1. The van der Waals surface area contributed by atoms with E-state index in [0.29, 0.717) is 12.0 Å². The number of unbranched alkanes of at least 4 members (excludes halogenated alkanes) is 2. The van der Waals surface area contributed by atoms with Gasteiger partial charge in [-0.1, -0.05) is 40.5 Å². The first-order chi connectivity index (χ1) is 13.1. The van der Waals surface area contributed by atoms with Gasteiger partial charge < -0.3 is 20.6 Å². The van der Waals surface area contributed by atoms with E-state index in [4.69, 9.17) is 4.84 Å². The van der Waals surface area contributed by atoms with Gasteiger partial charge in [0.25, 0.3) is 5.09 Å². The van der Waals surface area contributed by atoms with E-state index in [1.165, 1.54) is 37.1 Å². The fraction of sp³-hybridized carbons (Fsp3) is 0.588. The fourth-order valence-electron chi connectivity index (χ4n) is 2.85. The summed E-state index contributed by atoms with van der Waals surface area (Å²) in [4.78, 5) is 26.1. The van der Waals surface area contributed by atoms with Crippen LogP contribution in [0.5, 0.6) is 5.75 Å². The van der Waals surface area contributed by atoms with Crippen molar-refractivity contribution in [3.05, 3.63) is 33.9 Å². The first kappa shape index (κ1) is 21.6. The quantitative estimate of drug-likeness (QED) is 0.112. The van der Waals surface area contributed by atoms with Crippen LogP contribution in [0.4, 0.5) is 5.69 Å². The molecule has 8 nitrogen and oxygen atoms in total. The molecule has 0 spiro atoms. The van der Waals surface area contributed by atoms with Crippen molar-refractivity contribution in [2.45, 2.75) is 43.5 Å². The Hall–Kier alpha value is -1.65. The van der Waals surface area contributed by atoms with Crippen LogP contribution < -0.4 is 10.6 Å². The molecule has 1 aromatic carbocycles. The maximum atomic E-state index is 10.8. The van der Waals surface area contributed by atoms with Crippen LogP contribution in [0.3, 0.4) is 0 Å². The molecule has 3 N–H and O–H groups in total. The summed E-state index contributed by atoms with van der Waals surface area (Å²) in [6, 6.07) is 4.38. The zero-order valence-electron chi connectivity index (χ0n) is 15.0. The van der Waals surface area contributed by atoms with Crippen LogP contribution in [0.15, 0.2) is 18.2 Å². The summed E-state index contributed by atoms with van der Waals surface area (Å²) in [6.07, 6.45) is 5.51. The summed E-state index contributed by atoms with van der Waals surface area (Å²) in [6.45, 7) is 1.02. The van der Waals surface area contributed by atoms with Gasteiger partial charge in [-0.2, -0.15) is 0 Å². The highest BCUT2D eigenvalue weighted by atomic mass is 33.1. The van der Waals surface area contributed by atoms with Gasteiger partial charge in [-0.05, 0) is 43.5 Å². The van der Waals surface area contributed by atoms with E-state index in [-0.39, 0.29) is 18.0 Å². The number of hydrogen-bond acceptors (Lipinski definition) is 8. The second-order valence-electron chi connectivity index (χ2n) is 6.24. The Morgan fingerprint density at radius 2 is 2.26 bits per heavy atom. The van der Waals surface area contributed by atoms with Gasteiger partial charge in [-0.25, -0.2) is 0 Å². The lowest BCUT2D eigenvalue weighted by Gasteiger charge is -2.17. The van der Waals surface area contributed by atoms with Crippen LogP contribution in [0.1, 0.15) is 43.8 Å². The number of anilines is 1. The predicted octanol–water partition coefficient (Wildman–Crippen LogP) is 3.51. The van der Waals surface area contributed by atoms with Gasteiger partial charge in [0, 0.05) is 17.5 Å². The highest BCUT2D eigenvalue weighted by Gasteiger charge is 2.18. The number of aromatic hydroxyl groups is 1. The van der Waals surface area contributed by atoms with E-state index in [2.05, 4.69) is 10.6 Å². The van der Waals surface area contributed by atoms with Gasteiger partial charge in [0.2, 0.25) is 6.41 Å². The lowest BCUT2D eigenvalue weighted by molar-refractivity contribution is -0.770. The largest absolute Gasteiger partial charge is 0.506 e. The Kier molecular flexibility index (Phi) is 9.57. The topological polar surface area (TPSA) is 114 Å². The Morgan fingerprint density at radius 3 is 2.96 bits per heavy atom. The van der Waals surface area contributed by atoms with Crippen LogP contribution in [0.2, 0.25) is 0 Å². The molecule has 2 rings (SSSR count). The molecular formula is C17H25N3O5S2. The maximum absolute atomic E-state index is 10.8. The molecule has 1 saturated heterocycles. The normalized spacial score (nSPS) is 17.4. The summed E-state index contributed by atoms with van der Waals surface area (Å²) in [5.41, 5.74) is 0.680. The van der Waals surface area contributed by atoms with Crippen LogP contribution in [0, 0.1) is 10.1 Å². The van der Waals surface area contributed by atoms with Gasteiger partial charge in [0.15, 0.2) is 0 Å². The van der Waals surface area contributed by atoms with Crippen molar-refractivity contribution in [2.24, 2.45) is 0 Å². The van der Waals surface area contributed by atoms with Crippen molar-refractivity contribution in [3.63, 3.8) is 0 Å². The monoisotopic (exact) mass is 415 g/mol. The zero-order valence-corrected chi connectivity index (χ0v) is 16.6. The van der Waals surface area contributed by atoms with Gasteiger partial charge >= 0.3 is 0 Å². The third kappa shape index (κ3) is 7.86. The Morgan fingerprint density at radius 1 is 1.41 bits per heavy atom.